The molecule has 2 N–H and O–H groups in total. The third-order valence-corrected chi connectivity index (χ3v) is 2.52. The van der Waals surface area contributed by atoms with Crippen LogP contribution in [-0.4, -0.2) is 34.8 Å². The minimum Gasteiger partial charge on any atom is -0.478 e. The fourth-order valence-corrected chi connectivity index (χ4v) is 1.63. The molecule has 0 saturated heterocycles. The Hall–Kier alpha value is -1.33. The van der Waals surface area contributed by atoms with Crippen LogP contribution in [0, 0.1) is 0 Å². The van der Waals surface area contributed by atoms with Crippen LogP contribution in [0.15, 0.2) is 12.1 Å². The summed E-state index contributed by atoms with van der Waals surface area (Å²) in [6.07, 6.45) is 0. The van der Waals surface area contributed by atoms with Gasteiger partial charge < -0.3 is 15.2 Å². The van der Waals surface area contributed by atoms with Crippen molar-refractivity contribution in [2.75, 3.05) is 18.5 Å². The zero-order valence-electron chi connectivity index (χ0n) is 10.7. The second-order valence-electron chi connectivity index (χ2n) is 4.38. The van der Waals surface area contributed by atoms with Gasteiger partial charge in [-0.1, -0.05) is 11.6 Å². The average Bonchev–Trinajstić information content (AvgIpc) is 2.26. The van der Waals surface area contributed by atoms with Crippen molar-refractivity contribution in [2.45, 2.75) is 26.4 Å². The molecule has 0 aliphatic heterocycles. The first kappa shape index (κ1) is 14.7. The molecule has 1 heterocycles. The van der Waals surface area contributed by atoms with E-state index in [1.54, 1.807) is 0 Å². The molecular formula is C12H17ClN2O3. The van der Waals surface area contributed by atoms with Crippen molar-refractivity contribution in [2.24, 2.45) is 0 Å². The molecule has 0 fully saturated rings. The summed E-state index contributed by atoms with van der Waals surface area (Å²) in [5.41, 5.74) is -0.319. The Balaban J connectivity index is 2.83. The molecular weight excluding hydrogens is 256 g/mol. The average molecular weight is 273 g/mol. The Morgan fingerprint density at radius 2 is 2.22 bits per heavy atom. The highest BCUT2D eigenvalue weighted by Crippen LogP contribution is 2.18. The fraction of sp³-hybridized carbons (Fsp3) is 0.500. The van der Waals surface area contributed by atoms with Crippen molar-refractivity contribution in [3.05, 3.63) is 22.8 Å². The van der Waals surface area contributed by atoms with Gasteiger partial charge in [-0.2, -0.15) is 0 Å². The van der Waals surface area contributed by atoms with Crippen molar-refractivity contribution >= 4 is 23.4 Å². The predicted octanol–water partition coefficient (Wildman–Crippen LogP) is 2.66. The highest BCUT2D eigenvalue weighted by atomic mass is 35.5. The van der Waals surface area contributed by atoms with Crippen molar-refractivity contribution in [1.82, 2.24) is 4.98 Å². The molecule has 0 saturated carbocycles. The molecule has 0 aliphatic rings. The number of nitrogens with zero attached hydrogens (tertiary/aromatic N) is 1. The maximum Gasteiger partial charge on any atom is 0.339 e. The Labute approximate surface area is 111 Å². The summed E-state index contributed by atoms with van der Waals surface area (Å²) in [7, 11) is 0. The first-order chi connectivity index (χ1) is 8.35. The monoisotopic (exact) mass is 272 g/mol. The number of aromatic nitrogens is 1. The van der Waals surface area contributed by atoms with Gasteiger partial charge in [0.1, 0.15) is 16.5 Å². The fourth-order valence-electron chi connectivity index (χ4n) is 1.48. The predicted molar refractivity (Wildman–Crippen MR) is 70.4 cm³/mol. The molecule has 6 heteroatoms. The van der Waals surface area contributed by atoms with E-state index in [0.29, 0.717) is 13.2 Å². The molecule has 0 atom stereocenters. The Morgan fingerprint density at radius 3 is 2.78 bits per heavy atom. The lowest BCUT2D eigenvalue weighted by atomic mass is 10.1. The minimum absolute atomic E-state index is 0.0895. The van der Waals surface area contributed by atoms with Crippen LogP contribution < -0.4 is 5.32 Å². The number of nitrogens with one attached hydrogen (secondary N) is 1. The summed E-state index contributed by atoms with van der Waals surface area (Å²) < 4.78 is 5.51. The molecule has 100 valence electrons. The quantitative estimate of drug-likeness (QED) is 0.779. The Bertz CT molecular complexity index is 435. The van der Waals surface area contributed by atoms with Crippen molar-refractivity contribution in [3.8, 4) is 0 Å². The van der Waals surface area contributed by atoms with Crippen molar-refractivity contribution in [3.63, 3.8) is 0 Å². The van der Waals surface area contributed by atoms with Crippen LogP contribution in [0.1, 0.15) is 31.1 Å². The Morgan fingerprint density at radius 1 is 1.56 bits per heavy atom. The number of hydrogen-bond donors (Lipinski definition) is 2. The van der Waals surface area contributed by atoms with Crippen LogP contribution in [0.4, 0.5) is 5.82 Å². The molecule has 0 radical (unpaired) electrons. The van der Waals surface area contributed by atoms with Crippen LogP contribution in [0.5, 0.6) is 0 Å². The van der Waals surface area contributed by atoms with E-state index in [-0.39, 0.29) is 16.5 Å². The second kappa shape index (κ2) is 6.02. The van der Waals surface area contributed by atoms with E-state index < -0.39 is 11.6 Å². The molecule has 0 aliphatic carbocycles. The maximum absolute atomic E-state index is 11.0. The van der Waals surface area contributed by atoms with Crippen molar-refractivity contribution in [1.29, 1.82) is 0 Å². The zero-order chi connectivity index (χ0) is 13.8. The van der Waals surface area contributed by atoms with Gasteiger partial charge in [-0.25, -0.2) is 9.78 Å². The number of carbonyl (C=O) groups is 1. The van der Waals surface area contributed by atoms with E-state index in [2.05, 4.69) is 10.3 Å². The smallest absolute Gasteiger partial charge is 0.339 e. The SMILES string of the molecule is CCOC(C)(C)CNc1nc(Cl)ccc1C(=O)O. The van der Waals surface area contributed by atoms with Gasteiger partial charge in [-0.05, 0) is 32.9 Å². The zero-order valence-corrected chi connectivity index (χ0v) is 11.4. The van der Waals surface area contributed by atoms with Crippen LogP contribution >= 0.6 is 11.6 Å². The molecule has 0 bridgehead atoms. The number of carboxylic acid groups (broad SMARTS) is 1. The van der Waals surface area contributed by atoms with Gasteiger partial charge >= 0.3 is 5.97 Å². The molecule has 5 nitrogen and oxygen atoms in total. The third kappa shape index (κ3) is 4.16. The minimum atomic E-state index is -1.05. The number of ether oxygens (including phenoxy) is 1. The summed E-state index contributed by atoms with van der Waals surface area (Å²) in [6, 6.07) is 2.87. The second-order valence-corrected chi connectivity index (χ2v) is 4.77. The number of aromatic carboxylic acids is 1. The molecule has 1 rings (SSSR count). The summed E-state index contributed by atoms with van der Waals surface area (Å²) in [6.45, 7) is 6.75. The van der Waals surface area contributed by atoms with Crippen molar-refractivity contribution < 1.29 is 14.6 Å². The Kier molecular flexibility index (Phi) is 4.93. The van der Waals surface area contributed by atoms with Crippen LogP contribution in [-0.2, 0) is 4.74 Å². The van der Waals surface area contributed by atoms with E-state index in [4.69, 9.17) is 21.4 Å². The third-order valence-electron chi connectivity index (χ3n) is 2.31. The maximum atomic E-state index is 11.0. The summed E-state index contributed by atoms with van der Waals surface area (Å²) in [4.78, 5) is 15.0. The van der Waals surface area contributed by atoms with E-state index in [1.807, 2.05) is 20.8 Å². The van der Waals surface area contributed by atoms with Gasteiger partial charge in [0, 0.05) is 13.2 Å². The van der Waals surface area contributed by atoms with E-state index >= 15 is 0 Å². The molecule has 0 aromatic carbocycles. The number of pyridine rings is 1. The van der Waals surface area contributed by atoms with Gasteiger partial charge in [-0.3, -0.25) is 0 Å². The molecule has 0 unspecified atom stereocenters. The molecule has 1 aromatic rings. The highest BCUT2D eigenvalue weighted by molar-refractivity contribution is 6.29. The molecule has 0 spiro atoms. The van der Waals surface area contributed by atoms with Gasteiger partial charge in [0.25, 0.3) is 0 Å². The topological polar surface area (TPSA) is 71.5 Å². The number of carboxylic acids is 1. The van der Waals surface area contributed by atoms with Gasteiger partial charge in [0.2, 0.25) is 0 Å². The molecule has 18 heavy (non-hydrogen) atoms. The van der Waals surface area contributed by atoms with Crippen LogP contribution in [0.25, 0.3) is 0 Å². The molecule has 1 aromatic heterocycles. The van der Waals surface area contributed by atoms with Crippen LogP contribution in [0.2, 0.25) is 5.15 Å². The molecule has 0 amide bonds. The lowest BCUT2D eigenvalue weighted by Gasteiger charge is -2.25. The van der Waals surface area contributed by atoms with Crippen LogP contribution in [0.3, 0.4) is 0 Å². The first-order valence-electron chi connectivity index (χ1n) is 5.63. The van der Waals surface area contributed by atoms with E-state index in [0.717, 1.165) is 0 Å². The standard InChI is InChI=1S/C12H17ClN2O3/c1-4-18-12(2,3)7-14-10-8(11(16)17)5-6-9(13)15-10/h5-6H,4,7H2,1-3H3,(H,14,15)(H,16,17). The summed E-state index contributed by atoms with van der Waals surface area (Å²) >= 11 is 5.76. The largest absolute Gasteiger partial charge is 0.478 e. The lowest BCUT2D eigenvalue weighted by molar-refractivity contribution is 0.000601. The first-order valence-corrected chi connectivity index (χ1v) is 6.01. The van der Waals surface area contributed by atoms with E-state index in [9.17, 15) is 4.79 Å². The number of anilines is 1. The highest BCUT2D eigenvalue weighted by Gasteiger charge is 2.19. The van der Waals surface area contributed by atoms with Gasteiger partial charge in [-0.15, -0.1) is 0 Å². The van der Waals surface area contributed by atoms with Gasteiger partial charge in [0.15, 0.2) is 0 Å². The number of hydrogen-bond acceptors (Lipinski definition) is 4. The normalized spacial score (nSPS) is 11.3. The summed E-state index contributed by atoms with van der Waals surface area (Å²) in [5, 5.41) is 12.2. The summed E-state index contributed by atoms with van der Waals surface area (Å²) in [5.74, 6) is -0.793. The van der Waals surface area contributed by atoms with Gasteiger partial charge in [0.05, 0.1) is 5.60 Å². The lowest BCUT2D eigenvalue weighted by Crippen LogP contribution is -2.34. The number of halogens is 1. The van der Waals surface area contributed by atoms with E-state index in [1.165, 1.54) is 12.1 Å². The number of rotatable bonds is 6.